The van der Waals surface area contributed by atoms with Crippen molar-refractivity contribution in [1.82, 2.24) is 0 Å². The Hall–Kier alpha value is -1.99. The van der Waals surface area contributed by atoms with Gasteiger partial charge in [0.15, 0.2) is 15.6 Å². The van der Waals surface area contributed by atoms with Crippen molar-refractivity contribution < 1.29 is 22.7 Å². The van der Waals surface area contributed by atoms with Gasteiger partial charge < -0.3 is 4.74 Å². The van der Waals surface area contributed by atoms with E-state index < -0.39 is 15.8 Å². The Morgan fingerprint density at radius 1 is 1.10 bits per heavy atom. The molecule has 0 saturated heterocycles. The fourth-order valence-electron chi connectivity index (χ4n) is 4.89. The summed E-state index contributed by atoms with van der Waals surface area (Å²) in [6.45, 7) is 3.93. The monoisotopic (exact) mass is 460 g/mol. The van der Waals surface area contributed by atoms with Crippen molar-refractivity contribution in [3.63, 3.8) is 0 Å². The lowest BCUT2D eigenvalue weighted by molar-refractivity contribution is 0.0146. The van der Waals surface area contributed by atoms with Gasteiger partial charge in [-0.2, -0.15) is 0 Å². The first-order valence-electron chi connectivity index (χ1n) is 10.7. The molecule has 0 bridgehead atoms. The summed E-state index contributed by atoms with van der Waals surface area (Å²) in [7, 11) is -3.62. The average Bonchev–Trinajstić information content (AvgIpc) is 3.08. The highest BCUT2D eigenvalue weighted by molar-refractivity contribution is 7.92. The SMILES string of the molecule is CC1(C)CC(=O)c2c(S(C)(=O)=O)sc(C(=O)OC3CCCCC3c3ccccc3)c2C1. The second kappa shape index (κ2) is 8.17. The summed E-state index contributed by atoms with van der Waals surface area (Å²) >= 11 is 0.897. The molecule has 1 aromatic heterocycles. The Morgan fingerprint density at radius 2 is 1.77 bits per heavy atom. The summed E-state index contributed by atoms with van der Waals surface area (Å²) in [6.07, 6.45) is 5.40. The fourth-order valence-corrected chi connectivity index (χ4v) is 7.31. The third kappa shape index (κ3) is 4.48. The predicted molar refractivity (Wildman–Crippen MR) is 121 cm³/mol. The maximum Gasteiger partial charge on any atom is 0.348 e. The summed E-state index contributed by atoms with van der Waals surface area (Å²) in [6, 6.07) is 10.1. The van der Waals surface area contributed by atoms with Crippen molar-refractivity contribution in [2.24, 2.45) is 5.41 Å². The van der Waals surface area contributed by atoms with Gasteiger partial charge in [-0.3, -0.25) is 4.79 Å². The lowest BCUT2D eigenvalue weighted by Gasteiger charge is -2.32. The van der Waals surface area contributed by atoms with Crippen LogP contribution in [0, 0.1) is 5.41 Å². The molecule has 4 rings (SSSR count). The second-order valence-corrected chi connectivity index (χ2v) is 12.8. The van der Waals surface area contributed by atoms with Gasteiger partial charge in [-0.05, 0) is 42.2 Å². The molecule has 2 atom stereocenters. The normalized spacial score (nSPS) is 23.3. The molecule has 5 nitrogen and oxygen atoms in total. The zero-order valence-electron chi connectivity index (χ0n) is 18.1. The molecule has 2 aliphatic carbocycles. The van der Waals surface area contributed by atoms with Gasteiger partial charge in [0.25, 0.3) is 0 Å². The predicted octanol–water partition coefficient (Wildman–Crippen LogP) is 5.19. The quantitative estimate of drug-likeness (QED) is 0.587. The van der Waals surface area contributed by atoms with Crippen LogP contribution >= 0.6 is 11.3 Å². The number of rotatable bonds is 4. The van der Waals surface area contributed by atoms with Gasteiger partial charge in [0.05, 0.1) is 5.56 Å². The van der Waals surface area contributed by atoms with Gasteiger partial charge in [-0.25, -0.2) is 13.2 Å². The summed E-state index contributed by atoms with van der Waals surface area (Å²) in [5.74, 6) is -0.585. The molecule has 0 spiro atoms. The maximum atomic E-state index is 13.3. The van der Waals surface area contributed by atoms with Gasteiger partial charge in [-0.15, -0.1) is 11.3 Å². The number of fused-ring (bicyclic) bond motifs is 1. The van der Waals surface area contributed by atoms with E-state index in [9.17, 15) is 18.0 Å². The van der Waals surface area contributed by atoms with Crippen LogP contribution in [0.15, 0.2) is 34.5 Å². The van der Waals surface area contributed by atoms with Gasteiger partial charge in [0.2, 0.25) is 0 Å². The minimum Gasteiger partial charge on any atom is -0.458 e. The van der Waals surface area contributed by atoms with Crippen LogP contribution in [0.25, 0.3) is 0 Å². The summed E-state index contributed by atoms with van der Waals surface area (Å²) < 4.78 is 30.8. The number of sulfone groups is 1. The molecule has 2 aliphatic rings. The van der Waals surface area contributed by atoms with E-state index in [1.54, 1.807) is 0 Å². The van der Waals surface area contributed by atoms with Crippen molar-refractivity contribution in [2.45, 2.75) is 68.6 Å². The third-order valence-corrected chi connectivity index (χ3v) is 9.30. The molecule has 31 heavy (non-hydrogen) atoms. The molecule has 0 radical (unpaired) electrons. The van der Waals surface area contributed by atoms with E-state index in [4.69, 9.17) is 4.74 Å². The van der Waals surface area contributed by atoms with Crippen molar-refractivity contribution in [3.8, 4) is 0 Å². The molecule has 1 heterocycles. The summed E-state index contributed by atoms with van der Waals surface area (Å²) in [4.78, 5) is 26.4. The maximum absolute atomic E-state index is 13.3. The molecule has 0 N–H and O–H groups in total. The Morgan fingerprint density at radius 3 is 2.45 bits per heavy atom. The lowest BCUT2D eigenvalue weighted by atomic mass is 9.74. The first kappa shape index (κ1) is 22.2. The Kier molecular flexibility index (Phi) is 5.85. The number of benzene rings is 1. The largest absolute Gasteiger partial charge is 0.458 e. The molecular formula is C24H28O5S2. The zero-order chi connectivity index (χ0) is 22.4. The molecular weight excluding hydrogens is 432 g/mol. The van der Waals surface area contributed by atoms with Crippen LogP contribution < -0.4 is 0 Å². The van der Waals surface area contributed by atoms with Crippen molar-refractivity contribution >= 4 is 32.9 Å². The highest BCUT2D eigenvalue weighted by atomic mass is 32.2. The smallest absolute Gasteiger partial charge is 0.348 e. The molecule has 0 amide bonds. The zero-order valence-corrected chi connectivity index (χ0v) is 19.8. The van der Waals surface area contributed by atoms with Crippen molar-refractivity contribution in [1.29, 1.82) is 0 Å². The van der Waals surface area contributed by atoms with Crippen LogP contribution in [-0.4, -0.2) is 32.5 Å². The van der Waals surface area contributed by atoms with E-state index in [1.807, 2.05) is 32.0 Å². The van der Waals surface area contributed by atoms with E-state index in [1.165, 1.54) is 0 Å². The highest BCUT2D eigenvalue weighted by Crippen LogP contribution is 2.44. The first-order valence-corrected chi connectivity index (χ1v) is 13.4. The third-order valence-electron chi connectivity index (χ3n) is 6.26. The van der Waals surface area contributed by atoms with Gasteiger partial charge in [-0.1, -0.05) is 50.6 Å². The number of Topliss-reactive ketones (excluding diaryl/α,β-unsaturated/α-hetero) is 1. The van der Waals surface area contributed by atoms with Crippen LogP contribution in [-0.2, 0) is 21.0 Å². The summed E-state index contributed by atoms with van der Waals surface area (Å²) in [5.41, 5.74) is 1.58. The molecule has 1 saturated carbocycles. The minimum atomic E-state index is -3.62. The second-order valence-electron chi connectivity index (χ2n) is 9.53. The van der Waals surface area contributed by atoms with Crippen LogP contribution in [0.3, 0.4) is 0 Å². The van der Waals surface area contributed by atoms with Crippen molar-refractivity contribution in [3.05, 3.63) is 51.9 Å². The van der Waals surface area contributed by atoms with Crippen molar-refractivity contribution in [2.75, 3.05) is 6.26 Å². The number of carbonyl (C=O) groups is 2. The minimum absolute atomic E-state index is 0.00166. The van der Waals surface area contributed by atoms with Crippen LogP contribution in [0.2, 0.25) is 0 Å². The van der Waals surface area contributed by atoms with Crippen LogP contribution in [0.5, 0.6) is 0 Å². The molecule has 1 fully saturated rings. The van der Waals surface area contributed by atoms with E-state index in [0.29, 0.717) is 12.0 Å². The number of hydrogen-bond acceptors (Lipinski definition) is 6. The van der Waals surface area contributed by atoms with E-state index >= 15 is 0 Å². The van der Waals surface area contributed by atoms with Gasteiger partial charge in [0, 0.05) is 18.6 Å². The number of carbonyl (C=O) groups excluding carboxylic acids is 2. The van der Waals surface area contributed by atoms with Gasteiger partial charge in [0.1, 0.15) is 15.2 Å². The summed E-state index contributed by atoms with van der Waals surface area (Å²) in [5, 5.41) is 0. The number of hydrogen-bond donors (Lipinski definition) is 0. The molecule has 0 aliphatic heterocycles. The van der Waals surface area contributed by atoms with Gasteiger partial charge >= 0.3 is 5.97 Å². The lowest BCUT2D eigenvalue weighted by Crippen LogP contribution is -2.30. The topological polar surface area (TPSA) is 77.5 Å². The first-order chi connectivity index (χ1) is 14.6. The standard InChI is InChI=1S/C24H28O5S2/c1-24(2)13-17-20(18(25)14-24)23(31(3,27)28)30-21(17)22(26)29-19-12-8-7-11-16(19)15-9-5-4-6-10-15/h4-6,9-10,16,19H,7-8,11-14H2,1-3H3. The molecule has 2 unspecified atom stereocenters. The van der Waals surface area contributed by atoms with E-state index in [2.05, 4.69) is 12.1 Å². The highest BCUT2D eigenvalue weighted by Gasteiger charge is 2.41. The average molecular weight is 461 g/mol. The number of esters is 1. The Balaban J connectivity index is 1.69. The van der Waals surface area contributed by atoms with E-state index in [0.717, 1.165) is 48.8 Å². The number of thiophene rings is 1. The molecule has 166 valence electrons. The molecule has 2 aromatic rings. The van der Waals surface area contributed by atoms with Crippen LogP contribution in [0.4, 0.5) is 0 Å². The van der Waals surface area contributed by atoms with Crippen LogP contribution in [0.1, 0.15) is 83.0 Å². The number of ether oxygens (including phenoxy) is 1. The molecule has 7 heteroatoms. The fraction of sp³-hybridized carbons (Fsp3) is 0.500. The number of ketones is 1. The van der Waals surface area contributed by atoms with E-state index in [-0.39, 0.29) is 44.3 Å². The Bertz CT molecular complexity index is 1110. The Labute approximate surface area is 187 Å². The molecule has 1 aromatic carbocycles.